The van der Waals surface area contributed by atoms with Gasteiger partial charge in [0.2, 0.25) is 0 Å². The highest BCUT2D eigenvalue weighted by Crippen LogP contribution is 2.35. The Morgan fingerprint density at radius 2 is 2.00 bits per heavy atom. The van der Waals surface area contributed by atoms with Gasteiger partial charge >= 0.3 is 0 Å². The van der Waals surface area contributed by atoms with Gasteiger partial charge in [-0.3, -0.25) is 0 Å². The van der Waals surface area contributed by atoms with E-state index in [9.17, 15) is 13.7 Å². The third-order valence-electron chi connectivity index (χ3n) is 4.29. The molecule has 1 heterocycles. The van der Waals surface area contributed by atoms with Crippen molar-refractivity contribution >= 4 is 34.2 Å². The molecule has 27 heavy (non-hydrogen) atoms. The standard InChI is InChI=1S/C18H15Cl2FN2O3S/c19-15-4-3-14(6-16(15)20)27(25)23-8-18(9-23,10-24)11-26-13-2-1-12(7-22)17(21)5-13/h1-6,24H,8-11H2. The molecule has 0 radical (unpaired) electrons. The van der Waals surface area contributed by atoms with Gasteiger partial charge in [-0.15, -0.1) is 0 Å². The molecular formula is C18H15Cl2FN2O3S. The Bertz CT molecular complexity index is 929. The number of halogens is 3. The molecular weight excluding hydrogens is 414 g/mol. The van der Waals surface area contributed by atoms with Gasteiger partial charge in [0.15, 0.2) is 0 Å². The van der Waals surface area contributed by atoms with Crippen LogP contribution in [0.5, 0.6) is 5.75 Å². The third kappa shape index (κ3) is 4.26. The minimum atomic E-state index is -1.44. The highest BCUT2D eigenvalue weighted by molar-refractivity contribution is 7.82. The predicted molar refractivity (Wildman–Crippen MR) is 101 cm³/mol. The van der Waals surface area contributed by atoms with Crippen LogP contribution in [0.15, 0.2) is 41.3 Å². The van der Waals surface area contributed by atoms with E-state index in [1.165, 1.54) is 12.1 Å². The lowest BCUT2D eigenvalue weighted by molar-refractivity contribution is -0.0250. The second-order valence-electron chi connectivity index (χ2n) is 6.32. The summed E-state index contributed by atoms with van der Waals surface area (Å²) < 4.78 is 33.5. The van der Waals surface area contributed by atoms with Gasteiger partial charge in [-0.05, 0) is 30.3 Å². The quantitative estimate of drug-likeness (QED) is 0.764. The maximum atomic E-state index is 13.6. The first-order valence-electron chi connectivity index (χ1n) is 7.93. The van der Waals surface area contributed by atoms with E-state index in [1.54, 1.807) is 28.6 Å². The number of ether oxygens (including phenoxy) is 1. The average Bonchev–Trinajstić information content (AvgIpc) is 2.63. The second kappa shape index (κ2) is 8.13. The Hall–Kier alpha value is -1.69. The van der Waals surface area contributed by atoms with Crippen molar-refractivity contribution in [1.82, 2.24) is 4.31 Å². The molecule has 3 rings (SSSR count). The average molecular weight is 429 g/mol. The molecule has 5 nitrogen and oxygen atoms in total. The zero-order valence-electron chi connectivity index (χ0n) is 14.0. The molecule has 9 heteroatoms. The summed E-state index contributed by atoms with van der Waals surface area (Å²) in [4.78, 5) is 0.519. The van der Waals surface area contributed by atoms with Crippen LogP contribution in [0.4, 0.5) is 4.39 Å². The monoisotopic (exact) mass is 428 g/mol. The van der Waals surface area contributed by atoms with Crippen molar-refractivity contribution in [3.05, 3.63) is 57.8 Å². The first kappa shape index (κ1) is 20.1. The van der Waals surface area contributed by atoms with Gasteiger partial charge in [-0.1, -0.05) is 23.2 Å². The molecule has 1 unspecified atom stereocenters. The zero-order chi connectivity index (χ0) is 19.6. The molecule has 1 atom stereocenters. The van der Waals surface area contributed by atoms with Gasteiger partial charge in [-0.25, -0.2) is 12.9 Å². The molecule has 0 aliphatic carbocycles. The van der Waals surface area contributed by atoms with Gasteiger partial charge in [0, 0.05) is 19.2 Å². The van der Waals surface area contributed by atoms with E-state index in [1.807, 2.05) is 0 Å². The molecule has 2 aromatic rings. The Morgan fingerprint density at radius 1 is 1.26 bits per heavy atom. The van der Waals surface area contributed by atoms with Crippen molar-refractivity contribution in [3.63, 3.8) is 0 Å². The summed E-state index contributed by atoms with van der Waals surface area (Å²) >= 11 is 11.8. The zero-order valence-corrected chi connectivity index (χ0v) is 16.3. The van der Waals surface area contributed by atoms with Crippen LogP contribution in [0.25, 0.3) is 0 Å². The summed E-state index contributed by atoms with van der Waals surface area (Å²) in [6, 6.07) is 10.5. The van der Waals surface area contributed by atoms with Crippen LogP contribution in [0.3, 0.4) is 0 Å². The summed E-state index contributed by atoms with van der Waals surface area (Å²) in [7, 11) is -1.44. The van der Waals surface area contributed by atoms with E-state index in [0.717, 1.165) is 6.07 Å². The fourth-order valence-corrected chi connectivity index (χ4v) is 4.55. The Labute approximate surface area is 168 Å². The molecule has 0 saturated carbocycles. The molecule has 1 aliphatic heterocycles. The van der Waals surface area contributed by atoms with Crippen molar-refractivity contribution in [1.29, 1.82) is 5.26 Å². The van der Waals surface area contributed by atoms with Gasteiger partial charge in [0.05, 0.1) is 39.1 Å². The predicted octanol–water partition coefficient (Wildman–Crippen LogP) is 3.40. The molecule has 1 fully saturated rings. The van der Waals surface area contributed by atoms with Gasteiger partial charge in [0.1, 0.15) is 28.6 Å². The molecule has 1 saturated heterocycles. The number of aliphatic hydroxyl groups is 1. The normalized spacial score (nSPS) is 17.0. The Kier molecular flexibility index (Phi) is 6.04. The van der Waals surface area contributed by atoms with Crippen molar-refractivity contribution in [2.45, 2.75) is 4.90 Å². The van der Waals surface area contributed by atoms with Crippen LogP contribution >= 0.6 is 23.2 Å². The number of hydrogen-bond donors (Lipinski definition) is 1. The topological polar surface area (TPSA) is 73.6 Å². The van der Waals surface area contributed by atoms with Gasteiger partial charge < -0.3 is 9.84 Å². The van der Waals surface area contributed by atoms with Crippen molar-refractivity contribution in [2.75, 3.05) is 26.3 Å². The van der Waals surface area contributed by atoms with E-state index in [-0.39, 0.29) is 24.5 Å². The lowest BCUT2D eigenvalue weighted by Crippen LogP contribution is -2.61. The van der Waals surface area contributed by atoms with Crippen molar-refractivity contribution in [2.24, 2.45) is 5.41 Å². The third-order valence-corrected chi connectivity index (χ3v) is 6.42. The molecule has 0 amide bonds. The summed E-state index contributed by atoms with van der Waals surface area (Å²) in [6.07, 6.45) is 0. The minimum Gasteiger partial charge on any atom is -0.493 e. The van der Waals surface area contributed by atoms with E-state index in [4.69, 9.17) is 33.2 Å². The highest BCUT2D eigenvalue weighted by Gasteiger charge is 2.46. The van der Waals surface area contributed by atoms with E-state index < -0.39 is 22.2 Å². The summed E-state index contributed by atoms with van der Waals surface area (Å²) in [5.74, 6) is -0.396. The fourth-order valence-electron chi connectivity index (χ4n) is 2.70. The Balaban J connectivity index is 1.62. The molecule has 2 aromatic carbocycles. The van der Waals surface area contributed by atoms with E-state index in [2.05, 4.69) is 0 Å². The molecule has 1 aliphatic rings. The molecule has 0 bridgehead atoms. The molecule has 142 valence electrons. The SMILES string of the molecule is N#Cc1ccc(OCC2(CO)CN(S(=O)c3ccc(Cl)c(Cl)c3)C2)cc1F. The first-order chi connectivity index (χ1) is 12.9. The largest absolute Gasteiger partial charge is 0.493 e. The van der Waals surface area contributed by atoms with Crippen molar-refractivity contribution in [3.8, 4) is 11.8 Å². The number of benzene rings is 2. The fraction of sp³-hybridized carbons (Fsp3) is 0.278. The van der Waals surface area contributed by atoms with Crippen LogP contribution in [-0.4, -0.2) is 39.9 Å². The van der Waals surface area contributed by atoms with Crippen LogP contribution in [0, 0.1) is 22.6 Å². The number of nitrogens with zero attached hydrogens (tertiary/aromatic N) is 2. The van der Waals surface area contributed by atoms with Gasteiger partial charge in [0.25, 0.3) is 0 Å². The summed E-state index contributed by atoms with van der Waals surface area (Å²) in [6.45, 7) is 0.648. The number of rotatable bonds is 6. The van der Waals surface area contributed by atoms with Crippen LogP contribution in [0.1, 0.15) is 5.56 Å². The number of hydrogen-bond acceptors (Lipinski definition) is 4. The smallest absolute Gasteiger partial charge is 0.144 e. The van der Waals surface area contributed by atoms with Crippen molar-refractivity contribution < 1.29 is 18.4 Å². The second-order valence-corrected chi connectivity index (χ2v) is 8.62. The van der Waals surface area contributed by atoms with Crippen LogP contribution in [-0.2, 0) is 11.0 Å². The van der Waals surface area contributed by atoms with E-state index in [0.29, 0.717) is 28.0 Å². The lowest BCUT2D eigenvalue weighted by Gasteiger charge is -2.47. The highest BCUT2D eigenvalue weighted by atomic mass is 35.5. The summed E-state index contributed by atoms with van der Waals surface area (Å²) in [5.41, 5.74) is -0.665. The lowest BCUT2D eigenvalue weighted by atomic mass is 9.83. The van der Waals surface area contributed by atoms with Crippen LogP contribution < -0.4 is 4.74 Å². The molecule has 0 aromatic heterocycles. The maximum Gasteiger partial charge on any atom is 0.144 e. The molecule has 0 spiro atoms. The van der Waals surface area contributed by atoms with E-state index >= 15 is 0 Å². The number of aliphatic hydroxyl groups excluding tert-OH is 1. The van der Waals surface area contributed by atoms with Crippen LogP contribution in [0.2, 0.25) is 10.0 Å². The maximum absolute atomic E-state index is 13.6. The Morgan fingerprint density at radius 3 is 2.59 bits per heavy atom. The minimum absolute atomic E-state index is 0.0638. The number of nitriles is 1. The van der Waals surface area contributed by atoms with Gasteiger partial charge in [-0.2, -0.15) is 5.26 Å². The summed E-state index contributed by atoms with van der Waals surface area (Å²) in [5, 5.41) is 19.2. The molecule has 1 N–H and O–H groups in total. The first-order valence-corrected chi connectivity index (χ1v) is 9.79.